The summed E-state index contributed by atoms with van der Waals surface area (Å²) >= 11 is 0. The van der Waals surface area contributed by atoms with Gasteiger partial charge in [-0.25, -0.2) is 0 Å². The summed E-state index contributed by atoms with van der Waals surface area (Å²) in [6.07, 6.45) is 15.2. The molecular formula is C16H31NO. The van der Waals surface area contributed by atoms with Gasteiger partial charge in [-0.3, -0.25) is 0 Å². The number of rotatable bonds is 7. The van der Waals surface area contributed by atoms with Gasteiger partial charge in [-0.05, 0) is 58.4 Å². The van der Waals surface area contributed by atoms with Crippen LogP contribution in [0.25, 0.3) is 0 Å². The molecule has 2 heteroatoms. The molecule has 1 heterocycles. The fourth-order valence-electron chi connectivity index (χ4n) is 3.86. The van der Waals surface area contributed by atoms with E-state index in [1.54, 1.807) is 0 Å². The predicted molar refractivity (Wildman–Crippen MR) is 76.9 cm³/mol. The van der Waals surface area contributed by atoms with Crippen LogP contribution in [0.3, 0.4) is 0 Å². The third kappa shape index (κ3) is 3.71. The molecule has 0 aromatic rings. The van der Waals surface area contributed by atoms with Gasteiger partial charge in [-0.2, -0.15) is 0 Å². The molecule has 1 spiro atoms. The summed E-state index contributed by atoms with van der Waals surface area (Å²) in [5.41, 5.74) is 0.330. The first-order valence-corrected chi connectivity index (χ1v) is 8.13. The van der Waals surface area contributed by atoms with E-state index in [-0.39, 0.29) is 0 Å². The first kappa shape index (κ1) is 14.3. The fraction of sp³-hybridized carbons (Fsp3) is 1.00. The van der Waals surface area contributed by atoms with Gasteiger partial charge < -0.3 is 10.1 Å². The van der Waals surface area contributed by atoms with Gasteiger partial charge in [0.25, 0.3) is 0 Å². The zero-order valence-electron chi connectivity index (χ0n) is 12.3. The lowest BCUT2D eigenvalue weighted by molar-refractivity contribution is -0.0396. The highest BCUT2D eigenvalue weighted by atomic mass is 16.5. The zero-order chi connectivity index (χ0) is 12.8. The van der Waals surface area contributed by atoms with Crippen LogP contribution in [0.1, 0.15) is 77.6 Å². The van der Waals surface area contributed by atoms with Crippen LogP contribution in [-0.2, 0) is 4.74 Å². The van der Waals surface area contributed by atoms with E-state index in [1.807, 2.05) is 0 Å². The van der Waals surface area contributed by atoms with Crippen LogP contribution in [-0.4, -0.2) is 24.8 Å². The minimum Gasteiger partial charge on any atom is -0.372 e. The van der Waals surface area contributed by atoms with Crippen LogP contribution in [0, 0.1) is 0 Å². The van der Waals surface area contributed by atoms with Gasteiger partial charge in [-0.1, -0.05) is 26.2 Å². The Balaban J connectivity index is 1.63. The number of hydrogen-bond acceptors (Lipinski definition) is 2. The van der Waals surface area contributed by atoms with E-state index in [0.717, 1.165) is 6.04 Å². The Labute approximate surface area is 113 Å². The maximum atomic E-state index is 6.36. The lowest BCUT2D eigenvalue weighted by Gasteiger charge is -2.24. The van der Waals surface area contributed by atoms with Crippen LogP contribution < -0.4 is 5.32 Å². The van der Waals surface area contributed by atoms with Gasteiger partial charge in [-0.15, -0.1) is 0 Å². The lowest BCUT2D eigenvalue weighted by atomic mass is 9.97. The Morgan fingerprint density at radius 1 is 1.22 bits per heavy atom. The maximum Gasteiger partial charge on any atom is 0.0687 e. The van der Waals surface area contributed by atoms with E-state index in [0.29, 0.717) is 11.7 Å². The van der Waals surface area contributed by atoms with Crippen molar-refractivity contribution in [3.63, 3.8) is 0 Å². The molecule has 2 atom stereocenters. The van der Waals surface area contributed by atoms with Gasteiger partial charge in [0.1, 0.15) is 0 Å². The van der Waals surface area contributed by atoms with E-state index in [1.165, 1.54) is 70.6 Å². The van der Waals surface area contributed by atoms with Crippen molar-refractivity contribution in [2.45, 2.75) is 95.3 Å². The third-order valence-corrected chi connectivity index (χ3v) is 4.98. The van der Waals surface area contributed by atoms with Crippen molar-refractivity contribution >= 4 is 0 Å². The SMILES string of the molecule is CCCC(CCCC1CCC2(CCCC2)O1)NC. The van der Waals surface area contributed by atoms with E-state index in [9.17, 15) is 0 Å². The highest BCUT2D eigenvalue weighted by Crippen LogP contribution is 2.44. The van der Waals surface area contributed by atoms with E-state index >= 15 is 0 Å². The summed E-state index contributed by atoms with van der Waals surface area (Å²) in [6, 6.07) is 0.719. The standard InChI is InChI=1S/C16H31NO/c1-3-7-14(17-2)8-6-9-15-10-13-16(18-15)11-4-5-12-16/h14-15,17H,3-13H2,1-2H3. The topological polar surface area (TPSA) is 21.3 Å². The van der Waals surface area contributed by atoms with Crippen LogP contribution in [0.4, 0.5) is 0 Å². The third-order valence-electron chi connectivity index (χ3n) is 4.98. The Bertz CT molecular complexity index is 235. The van der Waals surface area contributed by atoms with E-state index < -0.39 is 0 Å². The van der Waals surface area contributed by atoms with Crippen molar-refractivity contribution in [3.8, 4) is 0 Å². The Kier molecular flexibility index (Phi) is 5.50. The fourth-order valence-corrected chi connectivity index (χ4v) is 3.86. The molecule has 1 aliphatic carbocycles. The first-order chi connectivity index (χ1) is 8.78. The molecule has 2 aliphatic rings. The normalized spacial score (nSPS) is 28.0. The highest BCUT2D eigenvalue weighted by molar-refractivity contribution is 4.92. The van der Waals surface area contributed by atoms with Crippen molar-refractivity contribution < 1.29 is 4.74 Å². The molecule has 0 bridgehead atoms. The molecular weight excluding hydrogens is 222 g/mol. The molecule has 2 unspecified atom stereocenters. The van der Waals surface area contributed by atoms with Gasteiger partial charge in [0.15, 0.2) is 0 Å². The number of ether oxygens (including phenoxy) is 1. The van der Waals surface area contributed by atoms with Gasteiger partial charge in [0.05, 0.1) is 11.7 Å². The molecule has 0 aromatic heterocycles. The highest BCUT2D eigenvalue weighted by Gasteiger charge is 2.41. The molecule has 2 rings (SSSR count). The molecule has 0 aromatic carbocycles. The van der Waals surface area contributed by atoms with E-state index in [4.69, 9.17) is 4.74 Å². The molecule has 1 N–H and O–H groups in total. The van der Waals surface area contributed by atoms with Gasteiger partial charge >= 0.3 is 0 Å². The molecule has 2 fully saturated rings. The quantitative estimate of drug-likeness (QED) is 0.739. The molecule has 0 amide bonds. The van der Waals surface area contributed by atoms with Gasteiger partial charge in [0, 0.05) is 6.04 Å². The molecule has 1 saturated carbocycles. The van der Waals surface area contributed by atoms with Crippen molar-refractivity contribution in [1.82, 2.24) is 5.32 Å². The largest absolute Gasteiger partial charge is 0.372 e. The van der Waals surface area contributed by atoms with Crippen molar-refractivity contribution in [3.05, 3.63) is 0 Å². The predicted octanol–water partition coefficient (Wildman–Crippen LogP) is 4.04. The Morgan fingerprint density at radius 2 is 2.00 bits per heavy atom. The second-order valence-corrected chi connectivity index (χ2v) is 6.37. The first-order valence-electron chi connectivity index (χ1n) is 8.13. The molecule has 0 radical (unpaired) electrons. The molecule has 18 heavy (non-hydrogen) atoms. The minimum atomic E-state index is 0.330. The lowest BCUT2D eigenvalue weighted by Crippen LogP contribution is -2.26. The summed E-state index contributed by atoms with van der Waals surface area (Å²) in [4.78, 5) is 0. The molecule has 2 nitrogen and oxygen atoms in total. The van der Waals surface area contributed by atoms with Crippen molar-refractivity contribution in [2.75, 3.05) is 7.05 Å². The number of hydrogen-bond donors (Lipinski definition) is 1. The van der Waals surface area contributed by atoms with Gasteiger partial charge in [0.2, 0.25) is 0 Å². The summed E-state index contributed by atoms with van der Waals surface area (Å²) in [5, 5.41) is 3.44. The second-order valence-electron chi connectivity index (χ2n) is 6.37. The van der Waals surface area contributed by atoms with Crippen LogP contribution in [0.15, 0.2) is 0 Å². The number of nitrogens with one attached hydrogen (secondary N) is 1. The van der Waals surface area contributed by atoms with Crippen molar-refractivity contribution in [2.24, 2.45) is 0 Å². The minimum absolute atomic E-state index is 0.330. The van der Waals surface area contributed by atoms with Crippen LogP contribution in [0.2, 0.25) is 0 Å². The Hall–Kier alpha value is -0.0800. The summed E-state index contributed by atoms with van der Waals surface area (Å²) < 4.78 is 6.36. The monoisotopic (exact) mass is 253 g/mol. The van der Waals surface area contributed by atoms with Crippen LogP contribution >= 0.6 is 0 Å². The van der Waals surface area contributed by atoms with Crippen LogP contribution in [0.5, 0.6) is 0 Å². The molecule has 1 saturated heterocycles. The summed E-state index contributed by atoms with van der Waals surface area (Å²) in [5.74, 6) is 0. The summed E-state index contributed by atoms with van der Waals surface area (Å²) in [7, 11) is 2.10. The smallest absolute Gasteiger partial charge is 0.0687 e. The summed E-state index contributed by atoms with van der Waals surface area (Å²) in [6.45, 7) is 2.27. The average molecular weight is 253 g/mol. The molecule has 106 valence electrons. The zero-order valence-corrected chi connectivity index (χ0v) is 12.3. The second kappa shape index (κ2) is 6.91. The maximum absolute atomic E-state index is 6.36. The van der Waals surface area contributed by atoms with Crippen molar-refractivity contribution in [1.29, 1.82) is 0 Å². The van der Waals surface area contributed by atoms with E-state index in [2.05, 4.69) is 19.3 Å². The Morgan fingerprint density at radius 3 is 2.67 bits per heavy atom. The molecule has 1 aliphatic heterocycles. The average Bonchev–Trinajstić information content (AvgIpc) is 2.99.